The van der Waals surface area contributed by atoms with Gasteiger partial charge in [-0.1, -0.05) is 34.1 Å². The Morgan fingerprint density at radius 2 is 1.89 bits per heavy atom. The van der Waals surface area contributed by atoms with Crippen molar-refractivity contribution in [2.75, 3.05) is 6.54 Å². The Balaban J connectivity index is 1.96. The molecule has 0 radical (unpaired) electrons. The van der Waals surface area contributed by atoms with Crippen LogP contribution in [0.1, 0.15) is 70.6 Å². The third-order valence-electron chi connectivity index (χ3n) is 4.81. The van der Waals surface area contributed by atoms with Crippen molar-refractivity contribution in [3.63, 3.8) is 0 Å². The molecule has 3 rings (SSSR count). The number of fused-ring (bicyclic) bond motifs is 1. The van der Waals surface area contributed by atoms with Crippen LogP contribution in [-0.2, 0) is 6.54 Å². The van der Waals surface area contributed by atoms with Gasteiger partial charge >= 0.3 is 0 Å². The van der Waals surface area contributed by atoms with Crippen molar-refractivity contribution in [3.05, 3.63) is 11.6 Å². The third kappa shape index (κ3) is 2.20. The smallest absolute Gasteiger partial charge is 0.150 e. The molecule has 4 nitrogen and oxygen atoms in total. The van der Waals surface area contributed by atoms with Crippen LogP contribution >= 0.6 is 0 Å². The van der Waals surface area contributed by atoms with Crippen LogP contribution in [0.3, 0.4) is 0 Å². The summed E-state index contributed by atoms with van der Waals surface area (Å²) in [6.07, 6.45) is 3.97. The highest BCUT2D eigenvalue weighted by Gasteiger charge is 2.36. The van der Waals surface area contributed by atoms with E-state index < -0.39 is 0 Å². The summed E-state index contributed by atoms with van der Waals surface area (Å²) in [5, 5.41) is 12.7. The van der Waals surface area contributed by atoms with Gasteiger partial charge in [-0.25, -0.2) is 0 Å². The van der Waals surface area contributed by atoms with Gasteiger partial charge in [0.25, 0.3) is 0 Å². The van der Waals surface area contributed by atoms with Gasteiger partial charge in [0.05, 0.1) is 6.04 Å². The first-order valence-corrected chi connectivity index (χ1v) is 7.65. The Kier molecular flexibility index (Phi) is 3.16. The lowest BCUT2D eigenvalue weighted by atomic mass is 9.85. The normalized spacial score (nSPS) is 31.5. The molecule has 1 saturated carbocycles. The highest BCUT2D eigenvalue weighted by atomic mass is 15.3. The van der Waals surface area contributed by atoms with Gasteiger partial charge in [0.1, 0.15) is 5.82 Å². The molecule has 0 aromatic carbocycles. The molecule has 1 aromatic rings. The summed E-state index contributed by atoms with van der Waals surface area (Å²) in [6, 6.07) is 0.319. The zero-order valence-corrected chi connectivity index (χ0v) is 12.6. The first-order valence-electron chi connectivity index (χ1n) is 7.65. The molecular formula is C15H26N4. The largest absolute Gasteiger partial charge is 0.312 e. The second kappa shape index (κ2) is 4.58. The van der Waals surface area contributed by atoms with Crippen molar-refractivity contribution < 1.29 is 0 Å². The Morgan fingerprint density at radius 1 is 1.16 bits per heavy atom. The minimum Gasteiger partial charge on any atom is -0.312 e. The molecule has 0 saturated heterocycles. The SMILES string of the molecule is CC1CCCC1c1nnc2n1CCNC2C(C)(C)C. The van der Waals surface area contributed by atoms with Crippen molar-refractivity contribution >= 4 is 0 Å². The summed E-state index contributed by atoms with van der Waals surface area (Å²) in [6.45, 7) is 11.2. The Hall–Kier alpha value is -0.900. The van der Waals surface area contributed by atoms with Crippen molar-refractivity contribution in [1.29, 1.82) is 0 Å². The zero-order valence-electron chi connectivity index (χ0n) is 12.6. The number of nitrogens with one attached hydrogen (secondary N) is 1. The molecule has 1 N–H and O–H groups in total. The van der Waals surface area contributed by atoms with E-state index in [-0.39, 0.29) is 5.41 Å². The molecule has 1 aliphatic carbocycles. The fourth-order valence-corrected chi connectivity index (χ4v) is 3.68. The quantitative estimate of drug-likeness (QED) is 0.846. The van der Waals surface area contributed by atoms with Crippen LogP contribution < -0.4 is 5.32 Å². The van der Waals surface area contributed by atoms with Crippen LogP contribution in [0.2, 0.25) is 0 Å². The predicted molar refractivity (Wildman–Crippen MR) is 76.0 cm³/mol. The van der Waals surface area contributed by atoms with Crippen molar-refractivity contribution in [2.24, 2.45) is 11.3 Å². The van der Waals surface area contributed by atoms with Gasteiger partial charge in [0, 0.05) is 19.0 Å². The maximum absolute atomic E-state index is 4.57. The van der Waals surface area contributed by atoms with Crippen LogP contribution in [0.5, 0.6) is 0 Å². The number of hydrogen-bond acceptors (Lipinski definition) is 3. The first kappa shape index (κ1) is 13.1. The van der Waals surface area contributed by atoms with Gasteiger partial charge in [0.2, 0.25) is 0 Å². The van der Waals surface area contributed by atoms with Crippen molar-refractivity contribution in [1.82, 2.24) is 20.1 Å². The molecule has 0 spiro atoms. The van der Waals surface area contributed by atoms with Gasteiger partial charge in [0.15, 0.2) is 5.82 Å². The van der Waals surface area contributed by atoms with Gasteiger partial charge in [-0.3, -0.25) is 0 Å². The van der Waals surface area contributed by atoms with E-state index >= 15 is 0 Å². The molecule has 2 heterocycles. The van der Waals surface area contributed by atoms with Crippen LogP contribution in [0, 0.1) is 11.3 Å². The zero-order chi connectivity index (χ0) is 13.6. The molecule has 106 valence electrons. The van der Waals surface area contributed by atoms with E-state index in [2.05, 4.69) is 47.8 Å². The predicted octanol–water partition coefficient (Wildman–Crippen LogP) is 2.87. The Bertz CT molecular complexity index is 444. The van der Waals surface area contributed by atoms with E-state index in [0.29, 0.717) is 12.0 Å². The molecule has 19 heavy (non-hydrogen) atoms. The van der Waals surface area contributed by atoms with E-state index in [4.69, 9.17) is 0 Å². The molecule has 0 bridgehead atoms. The number of aromatic nitrogens is 3. The highest BCUT2D eigenvalue weighted by Crippen LogP contribution is 2.40. The number of hydrogen-bond donors (Lipinski definition) is 1. The minimum absolute atomic E-state index is 0.184. The summed E-state index contributed by atoms with van der Waals surface area (Å²) in [5.74, 6) is 3.78. The summed E-state index contributed by atoms with van der Waals surface area (Å²) < 4.78 is 2.40. The Labute approximate surface area is 116 Å². The molecule has 0 amide bonds. The van der Waals surface area contributed by atoms with E-state index in [0.717, 1.165) is 24.8 Å². The van der Waals surface area contributed by atoms with Gasteiger partial charge in [-0.05, 0) is 24.2 Å². The molecule has 1 aliphatic heterocycles. The maximum atomic E-state index is 4.57. The van der Waals surface area contributed by atoms with E-state index in [1.807, 2.05) is 0 Å². The van der Waals surface area contributed by atoms with E-state index in [1.165, 1.54) is 25.1 Å². The molecule has 1 aromatic heterocycles. The Morgan fingerprint density at radius 3 is 2.53 bits per heavy atom. The minimum atomic E-state index is 0.184. The third-order valence-corrected chi connectivity index (χ3v) is 4.81. The van der Waals surface area contributed by atoms with Gasteiger partial charge in [-0.2, -0.15) is 0 Å². The van der Waals surface area contributed by atoms with Crippen molar-refractivity contribution in [2.45, 2.75) is 65.5 Å². The summed E-state index contributed by atoms with van der Waals surface area (Å²) in [7, 11) is 0. The summed E-state index contributed by atoms with van der Waals surface area (Å²) in [4.78, 5) is 0. The second-order valence-corrected chi connectivity index (χ2v) is 7.34. The average Bonchev–Trinajstić information content (AvgIpc) is 2.92. The lowest BCUT2D eigenvalue weighted by molar-refractivity contribution is 0.231. The topological polar surface area (TPSA) is 42.7 Å². The monoisotopic (exact) mass is 262 g/mol. The maximum Gasteiger partial charge on any atom is 0.150 e. The molecule has 3 unspecified atom stereocenters. The lowest BCUT2D eigenvalue weighted by Crippen LogP contribution is -2.41. The molecule has 1 fully saturated rings. The van der Waals surface area contributed by atoms with E-state index in [9.17, 15) is 0 Å². The fraction of sp³-hybridized carbons (Fsp3) is 0.867. The van der Waals surface area contributed by atoms with Crippen LogP contribution in [0.15, 0.2) is 0 Å². The van der Waals surface area contributed by atoms with Gasteiger partial charge < -0.3 is 9.88 Å². The fourth-order valence-electron chi connectivity index (χ4n) is 3.68. The average molecular weight is 262 g/mol. The summed E-state index contributed by atoms with van der Waals surface area (Å²) >= 11 is 0. The standard InChI is InChI=1S/C15H26N4/c1-10-6-5-7-11(10)13-17-18-14-12(15(2,3)4)16-8-9-19(13)14/h10-12,16H,5-9H2,1-4H3. The van der Waals surface area contributed by atoms with Crippen molar-refractivity contribution in [3.8, 4) is 0 Å². The summed E-state index contributed by atoms with van der Waals surface area (Å²) in [5.41, 5.74) is 0.184. The second-order valence-electron chi connectivity index (χ2n) is 7.34. The van der Waals surface area contributed by atoms with Gasteiger partial charge in [-0.15, -0.1) is 10.2 Å². The number of nitrogens with zero attached hydrogens (tertiary/aromatic N) is 3. The molecule has 3 atom stereocenters. The molecule has 2 aliphatic rings. The van der Waals surface area contributed by atoms with Crippen LogP contribution in [0.4, 0.5) is 0 Å². The van der Waals surface area contributed by atoms with Crippen LogP contribution in [0.25, 0.3) is 0 Å². The highest BCUT2D eigenvalue weighted by molar-refractivity contribution is 5.12. The lowest BCUT2D eigenvalue weighted by Gasteiger charge is -2.35. The number of rotatable bonds is 1. The molecule has 4 heteroatoms. The first-order chi connectivity index (χ1) is 8.98. The van der Waals surface area contributed by atoms with Crippen LogP contribution in [-0.4, -0.2) is 21.3 Å². The molecular weight excluding hydrogens is 236 g/mol. The van der Waals surface area contributed by atoms with E-state index in [1.54, 1.807) is 0 Å².